The fraction of sp³-hybridized carbons (Fsp3) is 0. The molecule has 0 fully saturated rings. The second kappa shape index (κ2) is 3.71. The van der Waals surface area contributed by atoms with Crippen LogP contribution in [-0.2, 0) is 0.665 Å². The predicted molar refractivity (Wildman–Crippen MR) is 59.3 cm³/mol. The molecule has 0 atom stereocenters. The summed E-state index contributed by atoms with van der Waals surface area (Å²) in [5.41, 5.74) is 0. The first-order chi connectivity index (χ1) is 2.45. The van der Waals surface area contributed by atoms with Gasteiger partial charge in [0.1, 0.15) is 0 Å². The fourth-order valence-corrected chi connectivity index (χ4v) is 0. The quantitative estimate of drug-likeness (QED) is 0.345. The first-order valence-corrected chi connectivity index (χ1v) is 23.2. The molecule has 0 N–H and O–H groups in total. The molecule has 0 bridgehead atoms. The molecule has 0 aromatic rings. The van der Waals surface area contributed by atoms with Gasteiger partial charge in [0.25, 0.3) is 0 Å². The molecule has 8 heavy (non-hydrogen) atoms. The van der Waals surface area contributed by atoms with Crippen molar-refractivity contribution in [2.45, 2.75) is 0 Å². The van der Waals surface area contributed by atoms with Crippen LogP contribution in [0, 0.1) is 0 Å². The zero-order valence-corrected chi connectivity index (χ0v) is 17.9. The number of hydrogen-bond acceptors (Lipinski definition) is 0. The van der Waals surface area contributed by atoms with E-state index in [1.807, 2.05) is 0 Å². The van der Waals surface area contributed by atoms with Crippen LogP contribution in [-0.4, -0.2) is 51.4 Å². The summed E-state index contributed by atoms with van der Waals surface area (Å²) in [4.78, 5) is 0. The van der Waals surface area contributed by atoms with E-state index >= 15 is 0 Å². The van der Waals surface area contributed by atoms with Crippen LogP contribution in [0.25, 0.3) is 0 Å². The molecular formula is Br6KRh. The van der Waals surface area contributed by atoms with Crippen LogP contribution in [0.4, 0.5) is 0 Å². The Balaban J connectivity index is 0. The van der Waals surface area contributed by atoms with E-state index in [4.69, 9.17) is 0 Å². The Morgan fingerprint density at radius 1 is 0.625 bits per heavy atom. The summed E-state index contributed by atoms with van der Waals surface area (Å²) in [6, 6.07) is 0. The maximum Gasteiger partial charge on any atom is 0 e. The van der Waals surface area contributed by atoms with Crippen LogP contribution < -0.4 is 0 Å². The van der Waals surface area contributed by atoms with Gasteiger partial charge in [-0.05, 0) is 0 Å². The Morgan fingerprint density at radius 2 is 0.625 bits per heavy atom. The van der Waals surface area contributed by atoms with Crippen LogP contribution in [0.3, 0.4) is 0 Å². The zero-order valence-electron chi connectivity index (χ0n) is 3.60. The van der Waals surface area contributed by atoms with Gasteiger partial charge in [0, 0.05) is 51.4 Å². The monoisotopic (exact) mass is 615 g/mol. The molecule has 0 aromatic heterocycles. The molecule has 0 saturated heterocycles. The third-order valence-electron chi connectivity index (χ3n) is 0. The van der Waals surface area contributed by atoms with Crippen LogP contribution in [0.15, 0.2) is 0 Å². The van der Waals surface area contributed by atoms with E-state index < -0.39 is 0.665 Å². The summed E-state index contributed by atoms with van der Waals surface area (Å²) >= 11 is 20.0. The Hall–Kier alpha value is 5.14. The van der Waals surface area contributed by atoms with Crippen molar-refractivity contribution in [2.75, 3.05) is 0 Å². The van der Waals surface area contributed by atoms with Crippen molar-refractivity contribution in [1.29, 1.82) is 0 Å². The minimum Gasteiger partial charge on any atom is 0 e. The van der Waals surface area contributed by atoms with E-state index in [9.17, 15) is 0 Å². The third-order valence-corrected chi connectivity index (χ3v) is 0. The summed E-state index contributed by atoms with van der Waals surface area (Å²) in [6.45, 7) is 0. The Bertz CT molecular complexity index is 67.1. The maximum absolute atomic E-state index is 3.34. The first kappa shape index (κ1) is 15.6. The summed E-state index contributed by atoms with van der Waals surface area (Å²) in [6.07, 6.45) is 0. The smallest absolute Gasteiger partial charge is 0 e. The van der Waals surface area contributed by atoms with Gasteiger partial charge in [0.2, 0.25) is 0 Å². The summed E-state index contributed by atoms with van der Waals surface area (Å²) in [7, 11) is 0. The SMILES string of the molecule is [Br][Rh]([Br])([Br])([Br])([Br])[Br].[K]. The standard InChI is InChI=1S/6BrH.K.Rh/h6*1H;;/q;;;;;;;+6/p-6. The van der Waals surface area contributed by atoms with Gasteiger partial charge in [0.05, 0.1) is 0 Å². The zero-order chi connectivity index (χ0) is 6.41. The van der Waals surface area contributed by atoms with Crippen molar-refractivity contribution < 1.29 is 0.665 Å². The van der Waals surface area contributed by atoms with E-state index in [-0.39, 0.29) is 51.4 Å². The largest absolute Gasteiger partial charge is 0 e. The number of halogens is 6. The average Bonchev–Trinajstić information content (AvgIpc) is 0.592. The molecule has 0 nitrogen and oxygen atoms in total. The van der Waals surface area contributed by atoms with Gasteiger partial charge in [-0.3, -0.25) is 0 Å². The topological polar surface area (TPSA) is 0 Å². The van der Waals surface area contributed by atoms with Gasteiger partial charge in [0.15, 0.2) is 0 Å². The van der Waals surface area contributed by atoms with Crippen molar-refractivity contribution in [1.82, 2.24) is 0 Å². The molecule has 8 heteroatoms. The summed E-state index contributed by atoms with van der Waals surface area (Å²) < 4.78 is -3.11. The molecule has 0 aliphatic carbocycles. The second-order valence-corrected chi connectivity index (χ2v) is 114. The van der Waals surface area contributed by atoms with Gasteiger partial charge in [-0.25, -0.2) is 0 Å². The molecule has 1 radical (unpaired) electrons. The van der Waals surface area contributed by atoms with Crippen LogP contribution in [0.5, 0.6) is 0 Å². The molecule has 0 unspecified atom stereocenters. The molecule has 0 heterocycles. The van der Waals surface area contributed by atoms with Crippen molar-refractivity contribution in [3.63, 3.8) is 0 Å². The molecule has 0 amide bonds. The van der Waals surface area contributed by atoms with Gasteiger partial charge >= 0.3 is 82.4 Å². The van der Waals surface area contributed by atoms with Crippen molar-refractivity contribution in [3.8, 4) is 0 Å². The van der Waals surface area contributed by atoms with Crippen molar-refractivity contribution >= 4 is 133 Å². The van der Waals surface area contributed by atoms with Crippen LogP contribution in [0.2, 0.25) is 0 Å². The molecule has 0 aliphatic rings. The minimum absolute atomic E-state index is 0. The van der Waals surface area contributed by atoms with Crippen LogP contribution >= 0.6 is 81.7 Å². The maximum atomic E-state index is 3.34. The molecule has 0 saturated carbocycles. The summed E-state index contributed by atoms with van der Waals surface area (Å²) in [5, 5.41) is 0. The van der Waals surface area contributed by atoms with Gasteiger partial charge < -0.3 is 0 Å². The minimum atomic E-state index is -3.11. The van der Waals surface area contributed by atoms with E-state index in [1.54, 1.807) is 0 Å². The number of rotatable bonds is 0. The van der Waals surface area contributed by atoms with E-state index in [2.05, 4.69) is 81.7 Å². The molecule has 52 valence electrons. The summed E-state index contributed by atoms with van der Waals surface area (Å²) in [5.74, 6) is 0. The first-order valence-electron chi connectivity index (χ1n) is 0.756. The Kier molecular flexibility index (Phi) is 7.24. The fourth-order valence-electron chi connectivity index (χ4n) is 0. The van der Waals surface area contributed by atoms with Gasteiger partial charge in [-0.15, -0.1) is 0 Å². The number of hydrogen-bond donors (Lipinski definition) is 0. The molecule has 0 aromatic carbocycles. The van der Waals surface area contributed by atoms with E-state index in [1.165, 1.54) is 0 Å². The predicted octanol–water partition coefficient (Wildman–Crippen LogP) is 4.69. The molecular weight excluding hydrogens is 621 g/mol. The average molecular weight is 621 g/mol. The van der Waals surface area contributed by atoms with Crippen molar-refractivity contribution in [2.24, 2.45) is 0 Å². The van der Waals surface area contributed by atoms with E-state index in [0.717, 1.165) is 0 Å². The second-order valence-electron chi connectivity index (χ2n) is 0.714. The Labute approximate surface area is 129 Å². The Morgan fingerprint density at radius 3 is 0.625 bits per heavy atom. The van der Waals surface area contributed by atoms with Gasteiger partial charge in [-0.2, -0.15) is 0 Å². The van der Waals surface area contributed by atoms with Crippen molar-refractivity contribution in [3.05, 3.63) is 0 Å². The van der Waals surface area contributed by atoms with E-state index in [0.29, 0.717) is 0 Å². The normalized spacial score (nSPS) is 20.2. The molecule has 0 spiro atoms. The molecule has 0 aliphatic heterocycles. The van der Waals surface area contributed by atoms with Crippen LogP contribution in [0.1, 0.15) is 0 Å². The van der Waals surface area contributed by atoms with Gasteiger partial charge in [-0.1, -0.05) is 0 Å². The third kappa shape index (κ3) is 43.4. The molecule has 0 rings (SSSR count).